The minimum Gasteiger partial charge on any atom is -0.383 e. The van der Waals surface area contributed by atoms with Gasteiger partial charge < -0.3 is 10.5 Å². The van der Waals surface area contributed by atoms with Gasteiger partial charge in [0, 0.05) is 30.2 Å². The van der Waals surface area contributed by atoms with Gasteiger partial charge in [-0.05, 0) is 30.5 Å². The zero-order valence-corrected chi connectivity index (χ0v) is 12.2. The van der Waals surface area contributed by atoms with Crippen LogP contribution in [-0.2, 0) is 11.8 Å². The Morgan fingerprint density at radius 1 is 1.35 bits per heavy atom. The van der Waals surface area contributed by atoms with E-state index in [0.717, 1.165) is 47.9 Å². The van der Waals surface area contributed by atoms with Crippen LogP contribution >= 0.6 is 11.6 Å². The number of benzene rings is 1. The first-order chi connectivity index (χ1) is 9.66. The standard InChI is InChI=1S/C15H18ClN3O/c1-19-15(17)13(10-4-6-12(16)7-5-10)14(18-19)11-3-2-8-20-9-11/h4-7,11H,2-3,8-9,17H2,1H3. The molecule has 2 N–H and O–H groups in total. The Labute approximate surface area is 123 Å². The maximum absolute atomic E-state index is 6.21. The van der Waals surface area contributed by atoms with Crippen LogP contribution < -0.4 is 5.73 Å². The van der Waals surface area contributed by atoms with Gasteiger partial charge in [-0.2, -0.15) is 5.10 Å². The number of aryl methyl sites for hydroxylation is 1. The average molecular weight is 292 g/mol. The van der Waals surface area contributed by atoms with Crippen molar-refractivity contribution >= 4 is 17.4 Å². The number of nitrogens with two attached hydrogens (primary N) is 1. The molecule has 3 rings (SSSR count). The Kier molecular flexibility index (Phi) is 3.68. The van der Waals surface area contributed by atoms with Crippen LogP contribution in [0.25, 0.3) is 11.1 Å². The zero-order chi connectivity index (χ0) is 14.1. The molecule has 0 spiro atoms. The van der Waals surface area contributed by atoms with Crippen LogP contribution in [0.5, 0.6) is 0 Å². The van der Waals surface area contributed by atoms with Crippen LogP contribution in [0.15, 0.2) is 24.3 Å². The number of ether oxygens (including phenoxy) is 1. The third kappa shape index (κ3) is 2.41. The number of hydrogen-bond acceptors (Lipinski definition) is 3. The van der Waals surface area contributed by atoms with E-state index in [0.29, 0.717) is 11.7 Å². The highest BCUT2D eigenvalue weighted by Gasteiger charge is 2.25. The molecular formula is C15H18ClN3O. The van der Waals surface area contributed by atoms with Gasteiger partial charge >= 0.3 is 0 Å². The fraction of sp³-hybridized carbons (Fsp3) is 0.400. The van der Waals surface area contributed by atoms with Crippen LogP contribution in [0.4, 0.5) is 5.82 Å². The maximum Gasteiger partial charge on any atom is 0.129 e. The van der Waals surface area contributed by atoms with Gasteiger partial charge in [0.25, 0.3) is 0 Å². The van der Waals surface area contributed by atoms with Gasteiger partial charge in [-0.25, -0.2) is 0 Å². The largest absolute Gasteiger partial charge is 0.383 e. The van der Waals surface area contributed by atoms with Gasteiger partial charge in [-0.1, -0.05) is 23.7 Å². The number of nitrogens with zero attached hydrogens (tertiary/aromatic N) is 2. The molecule has 2 heterocycles. The number of halogens is 1. The maximum atomic E-state index is 6.21. The van der Waals surface area contributed by atoms with E-state index < -0.39 is 0 Å². The van der Waals surface area contributed by atoms with Crippen molar-refractivity contribution in [1.29, 1.82) is 0 Å². The summed E-state index contributed by atoms with van der Waals surface area (Å²) < 4.78 is 7.33. The van der Waals surface area contributed by atoms with Crippen molar-refractivity contribution in [3.8, 4) is 11.1 Å². The predicted molar refractivity (Wildman–Crippen MR) is 80.9 cm³/mol. The van der Waals surface area contributed by atoms with Crippen molar-refractivity contribution in [3.05, 3.63) is 35.0 Å². The quantitative estimate of drug-likeness (QED) is 0.924. The van der Waals surface area contributed by atoms with E-state index in [9.17, 15) is 0 Å². The normalized spacial score (nSPS) is 19.2. The number of nitrogen functional groups attached to an aromatic ring is 1. The minimum atomic E-state index is 0.318. The van der Waals surface area contributed by atoms with Crippen molar-refractivity contribution < 1.29 is 4.74 Å². The summed E-state index contributed by atoms with van der Waals surface area (Å²) in [5, 5.41) is 5.33. The van der Waals surface area contributed by atoms with Crippen molar-refractivity contribution in [3.63, 3.8) is 0 Å². The highest BCUT2D eigenvalue weighted by molar-refractivity contribution is 6.30. The van der Waals surface area contributed by atoms with Crippen molar-refractivity contribution in [2.24, 2.45) is 7.05 Å². The second kappa shape index (κ2) is 5.46. The molecule has 4 nitrogen and oxygen atoms in total. The summed E-state index contributed by atoms with van der Waals surface area (Å²) in [5.41, 5.74) is 9.31. The molecule has 0 amide bonds. The van der Waals surface area contributed by atoms with E-state index in [4.69, 9.17) is 22.1 Å². The van der Waals surface area contributed by atoms with Crippen LogP contribution in [-0.4, -0.2) is 23.0 Å². The SMILES string of the molecule is Cn1nc(C2CCCOC2)c(-c2ccc(Cl)cc2)c1N. The molecule has 2 aromatic rings. The second-order valence-electron chi connectivity index (χ2n) is 5.19. The fourth-order valence-electron chi connectivity index (χ4n) is 2.71. The van der Waals surface area contributed by atoms with Gasteiger partial charge in [0.2, 0.25) is 0 Å². The lowest BCUT2D eigenvalue weighted by molar-refractivity contribution is 0.0793. The molecule has 5 heteroatoms. The average Bonchev–Trinajstić information content (AvgIpc) is 2.77. The topological polar surface area (TPSA) is 53.1 Å². The lowest BCUT2D eigenvalue weighted by Crippen LogP contribution is -2.16. The molecule has 1 aliphatic rings. The molecular weight excluding hydrogens is 274 g/mol. The van der Waals surface area contributed by atoms with Crippen LogP contribution in [0.3, 0.4) is 0 Å². The van der Waals surface area contributed by atoms with E-state index in [1.54, 1.807) is 4.68 Å². The smallest absolute Gasteiger partial charge is 0.129 e. The Balaban J connectivity index is 2.06. The molecule has 20 heavy (non-hydrogen) atoms. The lowest BCUT2D eigenvalue weighted by atomic mass is 9.93. The van der Waals surface area contributed by atoms with Gasteiger partial charge in [0.1, 0.15) is 5.82 Å². The summed E-state index contributed by atoms with van der Waals surface area (Å²) in [6.07, 6.45) is 2.16. The summed E-state index contributed by atoms with van der Waals surface area (Å²) >= 11 is 5.96. The van der Waals surface area contributed by atoms with Crippen LogP contribution in [0.2, 0.25) is 5.02 Å². The molecule has 1 aromatic heterocycles. The minimum absolute atomic E-state index is 0.318. The van der Waals surface area contributed by atoms with E-state index in [1.165, 1.54) is 0 Å². The molecule has 1 atom stereocenters. The lowest BCUT2D eigenvalue weighted by Gasteiger charge is -2.21. The van der Waals surface area contributed by atoms with E-state index in [1.807, 2.05) is 31.3 Å². The van der Waals surface area contributed by atoms with Crippen LogP contribution in [0.1, 0.15) is 24.5 Å². The van der Waals surface area contributed by atoms with Gasteiger partial charge in [0.15, 0.2) is 0 Å². The summed E-state index contributed by atoms with van der Waals surface area (Å²) in [7, 11) is 1.88. The van der Waals surface area contributed by atoms with Crippen molar-refractivity contribution in [2.45, 2.75) is 18.8 Å². The number of aromatic nitrogens is 2. The first-order valence-electron chi connectivity index (χ1n) is 6.83. The van der Waals surface area contributed by atoms with Gasteiger partial charge in [-0.15, -0.1) is 0 Å². The monoisotopic (exact) mass is 291 g/mol. The second-order valence-corrected chi connectivity index (χ2v) is 5.63. The predicted octanol–water partition coefficient (Wildman–Crippen LogP) is 3.22. The number of rotatable bonds is 2. The van der Waals surface area contributed by atoms with Crippen molar-refractivity contribution in [1.82, 2.24) is 9.78 Å². The van der Waals surface area contributed by atoms with E-state index >= 15 is 0 Å². The molecule has 1 unspecified atom stereocenters. The first-order valence-corrected chi connectivity index (χ1v) is 7.20. The first kappa shape index (κ1) is 13.5. The molecule has 1 fully saturated rings. The third-order valence-electron chi connectivity index (χ3n) is 3.80. The van der Waals surface area contributed by atoms with E-state index in [2.05, 4.69) is 5.10 Å². The highest BCUT2D eigenvalue weighted by atomic mass is 35.5. The summed E-state index contributed by atoms with van der Waals surface area (Å²) in [6.45, 7) is 1.56. The Bertz CT molecular complexity index is 600. The molecule has 0 saturated carbocycles. The molecule has 0 bridgehead atoms. The molecule has 1 aliphatic heterocycles. The molecule has 1 aromatic carbocycles. The fourth-order valence-corrected chi connectivity index (χ4v) is 2.84. The molecule has 1 saturated heterocycles. The third-order valence-corrected chi connectivity index (χ3v) is 4.05. The summed E-state index contributed by atoms with van der Waals surface area (Å²) in [4.78, 5) is 0. The zero-order valence-electron chi connectivity index (χ0n) is 11.5. The van der Waals surface area contributed by atoms with Crippen molar-refractivity contribution in [2.75, 3.05) is 18.9 Å². The molecule has 0 aliphatic carbocycles. The summed E-state index contributed by atoms with van der Waals surface area (Å²) in [6, 6.07) is 7.74. The number of anilines is 1. The van der Waals surface area contributed by atoms with Gasteiger partial charge in [0.05, 0.1) is 12.3 Å². The Morgan fingerprint density at radius 2 is 2.10 bits per heavy atom. The molecule has 0 radical (unpaired) electrons. The molecule has 106 valence electrons. The number of hydrogen-bond donors (Lipinski definition) is 1. The van der Waals surface area contributed by atoms with Gasteiger partial charge in [-0.3, -0.25) is 4.68 Å². The Hall–Kier alpha value is -1.52. The van der Waals surface area contributed by atoms with Crippen LogP contribution in [0, 0.1) is 0 Å². The van der Waals surface area contributed by atoms with E-state index in [-0.39, 0.29) is 0 Å². The highest BCUT2D eigenvalue weighted by Crippen LogP contribution is 2.37. The Morgan fingerprint density at radius 3 is 2.75 bits per heavy atom. The summed E-state index contributed by atoms with van der Waals surface area (Å²) in [5.74, 6) is 1.01.